The van der Waals surface area contributed by atoms with Gasteiger partial charge in [-0.3, -0.25) is 62.5 Å². The van der Waals surface area contributed by atoms with Crippen molar-refractivity contribution in [1.82, 2.24) is 53.2 Å². The molecule has 484 valence electrons. The monoisotopic (exact) mass is 1280 g/mol. The summed E-state index contributed by atoms with van der Waals surface area (Å²) in [5.74, 6) is -10.8. The van der Waals surface area contributed by atoms with Crippen LogP contribution >= 0.6 is 37.0 Å². The fourth-order valence-corrected chi connectivity index (χ4v) is 8.10. The number of hydrogen-bond acceptors (Lipinski definition) is 21. The average molecular weight is 1280 g/mol. The van der Waals surface area contributed by atoms with Gasteiger partial charge in [0.15, 0.2) is 5.96 Å². The van der Waals surface area contributed by atoms with E-state index in [4.69, 9.17) is 41.9 Å². The summed E-state index contributed by atoms with van der Waals surface area (Å²) in [6.45, 7) is 1.75. The summed E-state index contributed by atoms with van der Waals surface area (Å²) in [6.07, 6.45) is 1.95. The number of nitrogens with zero attached hydrogens (tertiary/aromatic N) is 1. The molecular formula is C51H85N15O17S3. The van der Waals surface area contributed by atoms with E-state index in [0.29, 0.717) is 24.9 Å². The molecule has 19 N–H and O–H groups in total. The summed E-state index contributed by atoms with van der Waals surface area (Å²) in [7, 11) is 0. The SMILES string of the molecule is CSCC(=O)N[C@@H](CCCCN)C(=O)N[C@@H](CS)C(=O)N[C@@H](CCCN=C(N)N)C(=O)NCC(=O)N[C@@H](CC(=O)O)C(=O)N[C@@H](CS)C(=O)N[C@@H](Cc1ccccc1)C(=O)NC(C)C(=O)NCCOCCOCCOCCNC(=O)COCC(N)=O. The first-order valence-corrected chi connectivity index (χ1v) is 29.9. The van der Waals surface area contributed by atoms with Gasteiger partial charge in [0.2, 0.25) is 65.0 Å². The number of nitrogens with two attached hydrogens (primary N) is 4. The molecule has 0 radical (unpaired) electrons. The summed E-state index contributed by atoms with van der Waals surface area (Å²) in [5, 5.41) is 34.6. The Kier molecular flexibility index (Phi) is 41.4. The second-order valence-corrected chi connectivity index (χ2v) is 20.3. The predicted molar refractivity (Wildman–Crippen MR) is 322 cm³/mol. The first kappa shape index (κ1) is 77.0. The van der Waals surface area contributed by atoms with Crippen LogP contribution in [0.3, 0.4) is 0 Å². The largest absolute Gasteiger partial charge is 0.481 e. The Morgan fingerprint density at radius 2 is 1.07 bits per heavy atom. The zero-order chi connectivity index (χ0) is 64.2. The summed E-state index contributed by atoms with van der Waals surface area (Å²) in [5.41, 5.74) is 22.0. The van der Waals surface area contributed by atoms with Gasteiger partial charge in [0.25, 0.3) is 0 Å². The van der Waals surface area contributed by atoms with Crippen LogP contribution in [0.5, 0.6) is 0 Å². The maximum Gasteiger partial charge on any atom is 0.305 e. The number of guanidine groups is 1. The number of thioether (sulfide) groups is 1. The molecule has 0 aliphatic rings. The summed E-state index contributed by atoms with van der Waals surface area (Å²) in [6, 6.07) is -0.975. The number of unbranched alkanes of at least 4 members (excludes halogenated alkanes) is 1. The minimum atomic E-state index is -1.83. The number of nitrogens with one attached hydrogen (secondary N) is 10. The molecule has 11 amide bonds. The van der Waals surface area contributed by atoms with Crippen LogP contribution in [0, 0.1) is 0 Å². The van der Waals surface area contributed by atoms with E-state index in [2.05, 4.69) is 83.4 Å². The number of carboxylic acids is 1. The van der Waals surface area contributed by atoms with Crippen molar-refractivity contribution >= 4 is 114 Å². The number of hydrogen-bond donors (Lipinski definition) is 17. The van der Waals surface area contributed by atoms with Gasteiger partial charge in [0.05, 0.1) is 58.4 Å². The number of ether oxygens (including phenoxy) is 4. The number of carbonyl (C=O) groups excluding carboxylic acids is 11. The second-order valence-electron chi connectivity index (χ2n) is 18.7. The molecule has 7 atom stereocenters. The number of amides is 11. The number of aliphatic imine (C=N–C) groups is 1. The van der Waals surface area contributed by atoms with Gasteiger partial charge in [0.1, 0.15) is 55.5 Å². The number of rotatable bonds is 48. The maximum atomic E-state index is 13.8. The number of aliphatic carboxylic acids is 1. The molecular weight excluding hydrogens is 1190 g/mol. The lowest BCUT2D eigenvalue weighted by molar-refractivity contribution is -0.141. The van der Waals surface area contributed by atoms with Crippen molar-refractivity contribution in [3.05, 3.63) is 35.9 Å². The van der Waals surface area contributed by atoms with Crippen molar-refractivity contribution in [2.45, 2.75) is 94.2 Å². The van der Waals surface area contributed by atoms with Gasteiger partial charge in [0, 0.05) is 37.6 Å². The number of primary amides is 1. The molecule has 0 fully saturated rings. The second kappa shape index (κ2) is 46.2. The van der Waals surface area contributed by atoms with Gasteiger partial charge in [-0.1, -0.05) is 30.3 Å². The smallest absolute Gasteiger partial charge is 0.305 e. The fourth-order valence-electron chi connectivity index (χ4n) is 7.24. The lowest BCUT2D eigenvalue weighted by Gasteiger charge is -2.25. The van der Waals surface area contributed by atoms with E-state index in [0.717, 1.165) is 0 Å². The molecule has 1 aromatic carbocycles. The summed E-state index contributed by atoms with van der Waals surface area (Å²) < 4.78 is 21.1. The zero-order valence-electron chi connectivity index (χ0n) is 48.2. The third-order valence-corrected chi connectivity index (χ3v) is 12.8. The highest BCUT2D eigenvalue weighted by atomic mass is 32.2. The Morgan fingerprint density at radius 3 is 1.63 bits per heavy atom. The maximum absolute atomic E-state index is 13.8. The van der Waals surface area contributed by atoms with E-state index in [1.165, 1.54) is 18.7 Å². The third kappa shape index (κ3) is 36.1. The van der Waals surface area contributed by atoms with Crippen LogP contribution in [-0.2, 0) is 82.9 Å². The first-order chi connectivity index (χ1) is 41.0. The standard InChI is InChI=1S/C51H85N15O17S3/c1-31(44(73)57-16-18-81-20-22-82-21-19-80-17-15-56-41(69)27-83-26-39(53)67)60-47(76)35(23-32-9-4-3-5-10-32)64-50(79)38(29-85)66-48(77)36(24-43(71)72)62-40(68)25-59-45(74)33(12-8-14-58-51(54)55)63-49(78)37(28-84)65-46(75)34(11-6-7-13-52)61-42(70)30-86-2/h3-5,9-10,31,33-38,84-85H,6-8,11-30,52H2,1-2H3,(H2,53,67)(H,56,69)(H,57,73)(H,59,74)(H,60,76)(H,61,70)(H,62,68)(H,63,78)(H,64,79)(H,65,75)(H,66,77)(H,71,72)(H4,54,55,58)/t31?,33-,34-,35-,36-,37-,38-/m0/s1. The molecule has 86 heavy (non-hydrogen) atoms. The van der Waals surface area contributed by atoms with Gasteiger partial charge in [-0.15, -0.1) is 0 Å². The molecule has 0 aromatic heterocycles. The molecule has 0 saturated carbocycles. The molecule has 0 heterocycles. The molecule has 0 bridgehead atoms. The first-order valence-electron chi connectivity index (χ1n) is 27.3. The van der Waals surface area contributed by atoms with E-state index in [1.807, 2.05) is 0 Å². The Labute approximate surface area is 513 Å². The molecule has 35 heteroatoms. The molecule has 0 aliphatic carbocycles. The van der Waals surface area contributed by atoms with Crippen LogP contribution in [0.4, 0.5) is 0 Å². The van der Waals surface area contributed by atoms with Gasteiger partial charge in [-0.25, -0.2) is 0 Å². The van der Waals surface area contributed by atoms with E-state index in [-0.39, 0.29) is 121 Å². The van der Waals surface area contributed by atoms with Crippen LogP contribution in [0.1, 0.15) is 51.0 Å². The highest BCUT2D eigenvalue weighted by Crippen LogP contribution is 2.08. The molecule has 0 spiro atoms. The molecule has 1 rings (SSSR count). The van der Waals surface area contributed by atoms with Crippen molar-refractivity contribution in [3.63, 3.8) is 0 Å². The number of benzene rings is 1. The van der Waals surface area contributed by atoms with Gasteiger partial charge < -0.3 is 100 Å². The van der Waals surface area contributed by atoms with Crippen molar-refractivity contribution < 1.29 is 81.6 Å². The molecule has 0 saturated heterocycles. The highest BCUT2D eigenvalue weighted by molar-refractivity contribution is 7.99. The lowest BCUT2D eigenvalue weighted by atomic mass is 10.0. The Bertz CT molecular complexity index is 2350. The predicted octanol–water partition coefficient (Wildman–Crippen LogP) is -6.58. The van der Waals surface area contributed by atoms with Crippen molar-refractivity contribution in [3.8, 4) is 0 Å². The van der Waals surface area contributed by atoms with Crippen LogP contribution in [0.15, 0.2) is 35.3 Å². The van der Waals surface area contributed by atoms with Gasteiger partial charge in [-0.05, 0) is 57.4 Å². The molecule has 32 nitrogen and oxygen atoms in total. The van der Waals surface area contributed by atoms with Crippen LogP contribution in [0.2, 0.25) is 0 Å². The van der Waals surface area contributed by atoms with Crippen molar-refractivity contribution in [2.24, 2.45) is 27.9 Å². The molecule has 0 aliphatic heterocycles. The van der Waals surface area contributed by atoms with Crippen LogP contribution < -0.4 is 76.1 Å². The Morgan fingerprint density at radius 1 is 0.558 bits per heavy atom. The van der Waals surface area contributed by atoms with E-state index < -0.39 is 126 Å². The topological polar surface area (TPSA) is 499 Å². The highest BCUT2D eigenvalue weighted by Gasteiger charge is 2.33. The van der Waals surface area contributed by atoms with Gasteiger partial charge in [-0.2, -0.15) is 37.0 Å². The molecule has 1 aromatic rings. The van der Waals surface area contributed by atoms with Gasteiger partial charge >= 0.3 is 5.97 Å². The van der Waals surface area contributed by atoms with E-state index >= 15 is 0 Å². The normalized spacial score (nSPS) is 13.3. The van der Waals surface area contributed by atoms with Crippen LogP contribution in [0.25, 0.3) is 0 Å². The van der Waals surface area contributed by atoms with Crippen molar-refractivity contribution in [1.29, 1.82) is 0 Å². The van der Waals surface area contributed by atoms with E-state index in [9.17, 15) is 62.6 Å². The Balaban J connectivity index is 2.93. The van der Waals surface area contributed by atoms with Crippen molar-refractivity contribution in [2.75, 3.05) is 109 Å². The molecule has 1 unspecified atom stereocenters. The minimum Gasteiger partial charge on any atom is -0.481 e. The number of thiol groups is 2. The number of carbonyl (C=O) groups is 12. The average Bonchev–Trinajstić information content (AvgIpc) is 3.61. The van der Waals surface area contributed by atoms with E-state index in [1.54, 1.807) is 36.6 Å². The third-order valence-electron chi connectivity index (χ3n) is 11.5. The number of carboxylic acid groups (broad SMARTS) is 1. The summed E-state index contributed by atoms with van der Waals surface area (Å²) in [4.78, 5) is 158. The minimum absolute atomic E-state index is 0.0262. The fraction of sp³-hybridized carbons (Fsp3) is 0.627. The summed E-state index contributed by atoms with van der Waals surface area (Å²) >= 11 is 9.65. The lowest BCUT2D eigenvalue weighted by Crippen LogP contribution is -2.59. The Hall–Kier alpha value is -7.02. The van der Waals surface area contributed by atoms with Crippen LogP contribution in [-0.4, -0.2) is 233 Å². The quantitative estimate of drug-likeness (QED) is 0.0125. The zero-order valence-corrected chi connectivity index (χ0v) is 50.8.